The number of hydrogen-bond donors (Lipinski definition) is 0. The molecule has 0 N–H and O–H groups in total. The van der Waals surface area contributed by atoms with Crippen molar-refractivity contribution in [3.63, 3.8) is 0 Å². The molecule has 3 aromatic rings. The van der Waals surface area contributed by atoms with Crippen LogP contribution in [0.2, 0.25) is 0 Å². The summed E-state index contributed by atoms with van der Waals surface area (Å²) in [4.78, 5) is 20.5. The first-order valence-electron chi connectivity index (χ1n) is 7.64. The Balaban J connectivity index is 1.97. The number of carbonyl (C=O) groups excluding carboxylic acids is 1. The summed E-state index contributed by atoms with van der Waals surface area (Å²) in [5.74, 6) is -0.177. The number of benzene rings is 1. The van der Waals surface area contributed by atoms with Crippen molar-refractivity contribution >= 4 is 16.6 Å². The molecular weight excluding hydrogens is 291 g/mol. The standard InChI is InChI=1S/C19H17FN2O/c1-3-4-19(23)17-8-6-14(10-21-17)18-9-13-5-7-16(20)12(2)15(13)11-22-18/h5-11H,3-4H2,1-2H3. The van der Waals surface area contributed by atoms with E-state index < -0.39 is 0 Å². The lowest BCUT2D eigenvalue weighted by Gasteiger charge is -2.06. The van der Waals surface area contributed by atoms with E-state index in [4.69, 9.17) is 0 Å². The van der Waals surface area contributed by atoms with Gasteiger partial charge in [0.05, 0.1) is 5.69 Å². The minimum atomic E-state index is -0.229. The van der Waals surface area contributed by atoms with E-state index in [1.807, 2.05) is 19.1 Å². The molecule has 4 heteroatoms. The van der Waals surface area contributed by atoms with Crippen molar-refractivity contribution < 1.29 is 9.18 Å². The van der Waals surface area contributed by atoms with E-state index in [2.05, 4.69) is 9.97 Å². The Kier molecular flexibility index (Phi) is 4.15. The predicted octanol–water partition coefficient (Wildman–Crippen LogP) is 4.73. The average Bonchev–Trinajstić information content (AvgIpc) is 2.58. The fourth-order valence-electron chi connectivity index (χ4n) is 2.56. The van der Waals surface area contributed by atoms with E-state index in [0.29, 0.717) is 17.7 Å². The summed E-state index contributed by atoms with van der Waals surface area (Å²) in [6, 6.07) is 8.70. The molecule has 0 bridgehead atoms. The number of ketones is 1. The van der Waals surface area contributed by atoms with Crippen LogP contribution in [0.5, 0.6) is 0 Å². The molecule has 0 radical (unpaired) electrons. The second-order valence-electron chi connectivity index (χ2n) is 5.57. The Morgan fingerprint density at radius 3 is 2.65 bits per heavy atom. The maximum Gasteiger partial charge on any atom is 0.181 e. The predicted molar refractivity (Wildman–Crippen MR) is 88.9 cm³/mol. The van der Waals surface area contributed by atoms with Crippen LogP contribution in [-0.4, -0.2) is 15.8 Å². The van der Waals surface area contributed by atoms with Gasteiger partial charge in [-0.15, -0.1) is 0 Å². The van der Waals surface area contributed by atoms with Gasteiger partial charge in [-0.25, -0.2) is 4.39 Å². The van der Waals surface area contributed by atoms with Crippen molar-refractivity contribution in [2.45, 2.75) is 26.7 Å². The van der Waals surface area contributed by atoms with E-state index in [1.54, 1.807) is 31.5 Å². The zero-order valence-electron chi connectivity index (χ0n) is 13.1. The fraction of sp³-hybridized carbons (Fsp3) is 0.211. The van der Waals surface area contributed by atoms with Gasteiger partial charge in [0.1, 0.15) is 11.5 Å². The van der Waals surface area contributed by atoms with Crippen LogP contribution < -0.4 is 0 Å². The van der Waals surface area contributed by atoms with Crippen LogP contribution in [0.3, 0.4) is 0 Å². The van der Waals surface area contributed by atoms with Crippen LogP contribution in [-0.2, 0) is 0 Å². The Hall–Kier alpha value is -2.62. The van der Waals surface area contributed by atoms with E-state index in [9.17, 15) is 9.18 Å². The van der Waals surface area contributed by atoms with Gasteiger partial charge in [-0.3, -0.25) is 14.8 Å². The largest absolute Gasteiger partial charge is 0.292 e. The highest BCUT2D eigenvalue weighted by Gasteiger charge is 2.09. The number of hydrogen-bond acceptors (Lipinski definition) is 3. The Morgan fingerprint density at radius 1 is 1.13 bits per heavy atom. The van der Waals surface area contributed by atoms with Gasteiger partial charge in [0, 0.05) is 29.8 Å². The lowest BCUT2D eigenvalue weighted by Crippen LogP contribution is -2.01. The third kappa shape index (κ3) is 2.97. The summed E-state index contributed by atoms with van der Waals surface area (Å²) in [5.41, 5.74) is 2.67. The molecule has 2 heterocycles. The molecule has 0 amide bonds. The SMILES string of the molecule is CCCC(=O)c1ccc(-c2cc3ccc(F)c(C)c3cn2)cn1. The minimum absolute atomic E-state index is 0.0524. The third-order valence-electron chi connectivity index (χ3n) is 3.93. The number of aromatic nitrogens is 2. The van der Waals surface area contributed by atoms with Gasteiger partial charge in [0.25, 0.3) is 0 Å². The maximum atomic E-state index is 13.6. The lowest BCUT2D eigenvalue weighted by molar-refractivity contribution is 0.0977. The van der Waals surface area contributed by atoms with Crippen LogP contribution in [0.25, 0.3) is 22.0 Å². The fourth-order valence-corrected chi connectivity index (χ4v) is 2.56. The smallest absolute Gasteiger partial charge is 0.181 e. The first-order chi connectivity index (χ1) is 11.1. The van der Waals surface area contributed by atoms with Crippen molar-refractivity contribution in [1.82, 2.24) is 9.97 Å². The Labute approximate surface area is 134 Å². The molecule has 0 unspecified atom stereocenters. The molecule has 0 aliphatic rings. The number of aryl methyl sites for hydroxylation is 1. The molecule has 23 heavy (non-hydrogen) atoms. The van der Waals surface area contributed by atoms with E-state index >= 15 is 0 Å². The molecule has 116 valence electrons. The van der Waals surface area contributed by atoms with Gasteiger partial charge in [-0.1, -0.05) is 13.0 Å². The first-order valence-corrected chi connectivity index (χ1v) is 7.64. The number of Topliss-reactive ketones (excluding diaryl/α,β-unsaturated/α-hetero) is 1. The number of pyridine rings is 2. The average molecular weight is 308 g/mol. The van der Waals surface area contributed by atoms with Gasteiger partial charge in [-0.2, -0.15) is 0 Å². The number of carbonyl (C=O) groups is 1. The van der Waals surface area contributed by atoms with E-state index in [1.165, 1.54) is 6.07 Å². The van der Waals surface area contributed by atoms with Crippen LogP contribution in [0.4, 0.5) is 4.39 Å². The summed E-state index contributed by atoms with van der Waals surface area (Å²) in [6.45, 7) is 3.71. The third-order valence-corrected chi connectivity index (χ3v) is 3.93. The maximum absolute atomic E-state index is 13.6. The van der Waals surface area contributed by atoms with Crippen LogP contribution in [0.1, 0.15) is 35.8 Å². The van der Waals surface area contributed by atoms with E-state index in [-0.39, 0.29) is 11.6 Å². The van der Waals surface area contributed by atoms with Crippen molar-refractivity contribution in [2.75, 3.05) is 0 Å². The zero-order valence-corrected chi connectivity index (χ0v) is 13.1. The summed E-state index contributed by atoms with van der Waals surface area (Å²) >= 11 is 0. The normalized spacial score (nSPS) is 10.9. The summed E-state index contributed by atoms with van der Waals surface area (Å²) in [6.07, 6.45) is 4.66. The molecule has 1 aromatic carbocycles. The topological polar surface area (TPSA) is 42.9 Å². The second-order valence-corrected chi connectivity index (χ2v) is 5.57. The number of nitrogens with zero attached hydrogens (tertiary/aromatic N) is 2. The summed E-state index contributed by atoms with van der Waals surface area (Å²) in [5, 5.41) is 1.73. The minimum Gasteiger partial charge on any atom is -0.292 e. The highest BCUT2D eigenvalue weighted by molar-refractivity contribution is 5.94. The molecular formula is C19H17FN2O. The van der Waals surface area contributed by atoms with Gasteiger partial charge in [0.15, 0.2) is 5.78 Å². The monoisotopic (exact) mass is 308 g/mol. The quantitative estimate of drug-likeness (QED) is 0.655. The molecule has 0 aliphatic carbocycles. The number of halogens is 1. The van der Waals surface area contributed by atoms with Crippen molar-refractivity contribution in [3.8, 4) is 11.3 Å². The highest BCUT2D eigenvalue weighted by Crippen LogP contribution is 2.25. The first kappa shape index (κ1) is 15.3. The Bertz CT molecular complexity index is 872. The van der Waals surface area contributed by atoms with E-state index in [0.717, 1.165) is 28.5 Å². The number of rotatable bonds is 4. The van der Waals surface area contributed by atoms with Gasteiger partial charge < -0.3 is 0 Å². The van der Waals surface area contributed by atoms with Gasteiger partial charge in [0.2, 0.25) is 0 Å². The lowest BCUT2D eigenvalue weighted by atomic mass is 10.0. The molecule has 3 rings (SSSR count). The number of fused-ring (bicyclic) bond motifs is 1. The molecule has 3 nitrogen and oxygen atoms in total. The van der Waals surface area contributed by atoms with Crippen LogP contribution in [0.15, 0.2) is 42.7 Å². The Morgan fingerprint density at radius 2 is 1.96 bits per heavy atom. The molecule has 0 fully saturated rings. The van der Waals surface area contributed by atoms with Gasteiger partial charge in [-0.05, 0) is 48.6 Å². The molecule has 0 spiro atoms. The highest BCUT2D eigenvalue weighted by atomic mass is 19.1. The van der Waals surface area contributed by atoms with Crippen molar-refractivity contribution in [1.29, 1.82) is 0 Å². The van der Waals surface area contributed by atoms with Crippen molar-refractivity contribution in [3.05, 3.63) is 59.8 Å². The molecule has 0 aliphatic heterocycles. The van der Waals surface area contributed by atoms with Crippen molar-refractivity contribution in [2.24, 2.45) is 0 Å². The second kappa shape index (κ2) is 6.24. The summed E-state index contributed by atoms with van der Waals surface area (Å²) < 4.78 is 13.6. The van der Waals surface area contributed by atoms with Gasteiger partial charge >= 0.3 is 0 Å². The molecule has 0 saturated carbocycles. The van der Waals surface area contributed by atoms with Crippen LogP contribution >= 0.6 is 0 Å². The zero-order chi connectivity index (χ0) is 16.4. The molecule has 2 aromatic heterocycles. The van der Waals surface area contributed by atoms with Crippen LogP contribution in [0, 0.1) is 12.7 Å². The molecule has 0 atom stereocenters. The summed E-state index contributed by atoms with van der Waals surface area (Å²) in [7, 11) is 0. The molecule has 0 saturated heterocycles.